The van der Waals surface area contributed by atoms with Crippen LogP contribution in [0.2, 0.25) is 0 Å². The molecule has 7 heteroatoms. The quantitative estimate of drug-likeness (QED) is 0.399. The number of nitrogens with zero attached hydrogens (tertiary/aromatic N) is 2. The van der Waals surface area contributed by atoms with Gasteiger partial charge in [-0.25, -0.2) is 9.07 Å². The van der Waals surface area contributed by atoms with Crippen LogP contribution in [-0.4, -0.2) is 35.4 Å². The molecule has 0 radical (unpaired) electrons. The average molecular weight is 462 g/mol. The highest BCUT2D eigenvalue weighted by molar-refractivity contribution is 5.82. The van der Waals surface area contributed by atoms with Crippen molar-refractivity contribution in [1.82, 2.24) is 15.1 Å². The van der Waals surface area contributed by atoms with Crippen LogP contribution in [0.25, 0.3) is 16.6 Å². The van der Waals surface area contributed by atoms with E-state index in [-0.39, 0.29) is 24.4 Å². The van der Waals surface area contributed by atoms with Gasteiger partial charge in [0, 0.05) is 12.5 Å². The molecule has 0 aliphatic carbocycles. The van der Waals surface area contributed by atoms with Gasteiger partial charge in [0.1, 0.15) is 24.3 Å². The molecular formula is C27H28FN3O3. The molecule has 2 atom stereocenters. The van der Waals surface area contributed by atoms with Gasteiger partial charge in [-0.3, -0.25) is 4.79 Å². The minimum absolute atomic E-state index is 0.0154. The minimum atomic E-state index is -0.411. The predicted molar refractivity (Wildman–Crippen MR) is 130 cm³/mol. The number of methoxy groups -OCH3 is 1. The van der Waals surface area contributed by atoms with Crippen molar-refractivity contribution in [3.8, 4) is 11.4 Å². The molecule has 4 aromatic rings. The van der Waals surface area contributed by atoms with E-state index in [4.69, 9.17) is 9.47 Å². The molecule has 0 fully saturated rings. The van der Waals surface area contributed by atoms with Crippen LogP contribution in [0.1, 0.15) is 29.7 Å². The molecule has 1 N–H and O–H groups in total. The Hall–Kier alpha value is -3.71. The summed E-state index contributed by atoms with van der Waals surface area (Å²) < 4.78 is 26.5. The first-order valence-electron chi connectivity index (χ1n) is 11.1. The van der Waals surface area contributed by atoms with Crippen LogP contribution >= 0.6 is 0 Å². The van der Waals surface area contributed by atoms with Gasteiger partial charge < -0.3 is 14.8 Å². The highest BCUT2D eigenvalue weighted by atomic mass is 19.1. The molecule has 0 saturated heterocycles. The van der Waals surface area contributed by atoms with Crippen molar-refractivity contribution < 1.29 is 18.7 Å². The summed E-state index contributed by atoms with van der Waals surface area (Å²) in [5.41, 5.74) is 4.89. The van der Waals surface area contributed by atoms with E-state index in [1.54, 1.807) is 23.0 Å². The number of carbonyl (C=O) groups excluding carboxylic acids is 1. The smallest absolute Gasteiger partial charge is 0.246 e. The summed E-state index contributed by atoms with van der Waals surface area (Å²) in [6.45, 7) is 5.99. The van der Waals surface area contributed by atoms with Crippen LogP contribution in [-0.2, 0) is 9.53 Å². The first-order valence-corrected chi connectivity index (χ1v) is 11.1. The molecule has 0 spiro atoms. The van der Waals surface area contributed by atoms with Gasteiger partial charge in [-0.2, -0.15) is 5.10 Å². The van der Waals surface area contributed by atoms with E-state index in [0.29, 0.717) is 5.75 Å². The number of ether oxygens (including phenoxy) is 2. The van der Waals surface area contributed by atoms with E-state index < -0.39 is 6.10 Å². The van der Waals surface area contributed by atoms with E-state index in [0.717, 1.165) is 33.3 Å². The summed E-state index contributed by atoms with van der Waals surface area (Å²) in [5, 5.41) is 8.32. The maximum Gasteiger partial charge on any atom is 0.246 e. The molecule has 1 amide bonds. The highest BCUT2D eigenvalue weighted by Crippen LogP contribution is 2.30. The van der Waals surface area contributed by atoms with Crippen LogP contribution in [0.4, 0.5) is 4.39 Å². The molecule has 0 bridgehead atoms. The molecule has 4 rings (SSSR count). The van der Waals surface area contributed by atoms with Crippen molar-refractivity contribution in [2.45, 2.75) is 32.9 Å². The van der Waals surface area contributed by atoms with E-state index in [9.17, 15) is 9.18 Å². The van der Waals surface area contributed by atoms with Gasteiger partial charge in [0.15, 0.2) is 0 Å². The zero-order valence-electron chi connectivity index (χ0n) is 19.7. The lowest BCUT2D eigenvalue weighted by Gasteiger charge is -2.28. The number of nitrogens with one attached hydrogen (secondary N) is 1. The molecular weight excluding hydrogens is 433 g/mol. The largest absolute Gasteiger partial charge is 0.484 e. The molecule has 34 heavy (non-hydrogen) atoms. The van der Waals surface area contributed by atoms with Crippen LogP contribution in [0, 0.1) is 19.7 Å². The number of hydrogen-bond donors (Lipinski definition) is 1. The summed E-state index contributed by atoms with van der Waals surface area (Å²) in [7, 11) is 1.49. The van der Waals surface area contributed by atoms with Gasteiger partial charge in [0.25, 0.3) is 0 Å². The molecule has 1 heterocycles. The van der Waals surface area contributed by atoms with Crippen molar-refractivity contribution >= 4 is 16.8 Å². The summed E-state index contributed by atoms with van der Waals surface area (Å²) >= 11 is 0. The van der Waals surface area contributed by atoms with E-state index in [2.05, 4.69) is 16.5 Å². The molecule has 0 aliphatic heterocycles. The third kappa shape index (κ3) is 5.10. The molecule has 176 valence electrons. The second kappa shape index (κ2) is 10.1. The SMILES string of the molecule is COCC(=O)N[C@@H](C)[C@H](Oc1ccc2c(cnn2-c2ccc(F)cc2)c1)c1ccc(C)cc1C. The van der Waals surface area contributed by atoms with Gasteiger partial charge in [0.2, 0.25) is 5.91 Å². The lowest BCUT2D eigenvalue weighted by molar-refractivity contribution is -0.126. The summed E-state index contributed by atoms with van der Waals surface area (Å²) in [4.78, 5) is 12.2. The maximum atomic E-state index is 13.3. The van der Waals surface area contributed by atoms with Crippen molar-refractivity contribution in [2.75, 3.05) is 13.7 Å². The van der Waals surface area contributed by atoms with Crippen molar-refractivity contribution in [2.24, 2.45) is 0 Å². The lowest BCUT2D eigenvalue weighted by Crippen LogP contribution is -2.41. The monoisotopic (exact) mass is 461 g/mol. The second-order valence-electron chi connectivity index (χ2n) is 8.44. The molecule has 1 aromatic heterocycles. The Morgan fingerprint density at radius 2 is 1.85 bits per heavy atom. The van der Waals surface area contributed by atoms with Gasteiger partial charge in [0.05, 0.1) is 23.4 Å². The summed E-state index contributed by atoms with van der Waals surface area (Å²) in [6.07, 6.45) is 1.34. The molecule has 0 unspecified atom stereocenters. The molecule has 0 aliphatic rings. The van der Waals surface area contributed by atoms with Crippen molar-refractivity contribution in [3.63, 3.8) is 0 Å². The fourth-order valence-corrected chi connectivity index (χ4v) is 4.10. The minimum Gasteiger partial charge on any atom is -0.484 e. The second-order valence-corrected chi connectivity index (χ2v) is 8.44. The number of aromatic nitrogens is 2. The summed E-state index contributed by atoms with van der Waals surface area (Å²) in [6, 6.07) is 17.8. The Kier molecular flexibility index (Phi) is 6.93. The third-order valence-electron chi connectivity index (χ3n) is 5.72. The number of hydrogen-bond acceptors (Lipinski definition) is 4. The first kappa shape index (κ1) is 23.4. The average Bonchev–Trinajstić information content (AvgIpc) is 3.22. The Bertz CT molecular complexity index is 1300. The van der Waals surface area contributed by atoms with Crippen molar-refractivity contribution in [3.05, 3.63) is 89.4 Å². The number of fused-ring (bicyclic) bond motifs is 1. The van der Waals surface area contributed by atoms with Crippen molar-refractivity contribution in [1.29, 1.82) is 0 Å². The van der Waals surface area contributed by atoms with Gasteiger partial charge >= 0.3 is 0 Å². The molecule has 0 saturated carbocycles. The van der Waals surface area contributed by atoms with Crippen LogP contribution in [0.5, 0.6) is 5.75 Å². The number of aryl methyl sites for hydroxylation is 2. The van der Waals surface area contributed by atoms with E-state index in [1.165, 1.54) is 19.2 Å². The number of benzene rings is 3. The maximum absolute atomic E-state index is 13.3. The van der Waals surface area contributed by atoms with Crippen LogP contribution in [0.3, 0.4) is 0 Å². The zero-order chi connectivity index (χ0) is 24.2. The fourth-order valence-electron chi connectivity index (χ4n) is 4.10. The Morgan fingerprint density at radius 1 is 1.09 bits per heavy atom. The third-order valence-corrected chi connectivity index (χ3v) is 5.72. The Labute approximate surface area is 198 Å². The topological polar surface area (TPSA) is 65.4 Å². The Balaban J connectivity index is 1.65. The summed E-state index contributed by atoms with van der Waals surface area (Å²) in [5.74, 6) is 0.161. The van der Waals surface area contributed by atoms with Crippen LogP contribution < -0.4 is 10.1 Å². The lowest BCUT2D eigenvalue weighted by atomic mass is 9.96. The number of amides is 1. The highest BCUT2D eigenvalue weighted by Gasteiger charge is 2.25. The van der Waals surface area contributed by atoms with Gasteiger partial charge in [-0.1, -0.05) is 23.8 Å². The standard InChI is InChI=1S/C27H28FN3O3/c1-17-5-11-24(18(2)13-17)27(19(3)30-26(32)16-33-4)34-23-10-12-25-20(14-23)15-29-31(25)22-8-6-21(28)7-9-22/h5-15,19,27H,16H2,1-4H3,(H,30,32)/t19-,27-/m0/s1. The van der Waals surface area contributed by atoms with Crippen LogP contribution in [0.15, 0.2) is 66.9 Å². The molecule has 6 nitrogen and oxygen atoms in total. The predicted octanol–water partition coefficient (Wildman–Crippen LogP) is 5.05. The number of carbonyl (C=O) groups is 1. The van der Waals surface area contributed by atoms with E-state index in [1.807, 2.05) is 51.1 Å². The number of halogens is 1. The fraction of sp³-hybridized carbons (Fsp3) is 0.259. The number of rotatable bonds is 8. The van der Waals surface area contributed by atoms with E-state index >= 15 is 0 Å². The molecule has 3 aromatic carbocycles. The first-order chi connectivity index (χ1) is 16.4. The van der Waals surface area contributed by atoms with Gasteiger partial charge in [-0.15, -0.1) is 0 Å². The Morgan fingerprint density at radius 3 is 2.56 bits per heavy atom. The normalized spacial score (nSPS) is 13.0. The zero-order valence-corrected chi connectivity index (χ0v) is 19.7. The van der Waals surface area contributed by atoms with Gasteiger partial charge in [-0.05, 0) is 74.4 Å².